The molecule has 1 aliphatic heterocycles. The minimum atomic E-state index is -0.781. The van der Waals surface area contributed by atoms with Crippen LogP contribution < -0.4 is 9.47 Å². The smallest absolute Gasteiger partial charge is 0.320 e. The number of likely N-dealkylation sites (tertiary alicyclic amines) is 1. The molecule has 6 nitrogen and oxygen atoms in total. The van der Waals surface area contributed by atoms with Crippen LogP contribution in [0.15, 0.2) is 42.7 Å². The van der Waals surface area contributed by atoms with Crippen molar-refractivity contribution in [2.75, 3.05) is 20.8 Å². The summed E-state index contributed by atoms with van der Waals surface area (Å²) >= 11 is 0. The highest BCUT2D eigenvalue weighted by molar-refractivity contribution is 5.74. The molecular weight excluding hydrogens is 320 g/mol. The number of rotatable bonds is 6. The molecule has 0 aliphatic carbocycles. The highest BCUT2D eigenvalue weighted by atomic mass is 16.5. The molecular formula is C19H22N2O4. The van der Waals surface area contributed by atoms with E-state index in [2.05, 4.69) is 4.98 Å². The average Bonchev–Trinajstić information content (AvgIpc) is 3.12. The van der Waals surface area contributed by atoms with Gasteiger partial charge in [-0.15, -0.1) is 0 Å². The maximum Gasteiger partial charge on any atom is 0.320 e. The fourth-order valence-electron chi connectivity index (χ4n) is 3.51. The van der Waals surface area contributed by atoms with Gasteiger partial charge >= 0.3 is 5.97 Å². The van der Waals surface area contributed by atoms with Gasteiger partial charge in [-0.2, -0.15) is 0 Å². The van der Waals surface area contributed by atoms with Crippen molar-refractivity contribution in [1.29, 1.82) is 0 Å². The number of hydrogen-bond donors (Lipinski definition) is 1. The number of benzene rings is 1. The molecule has 1 saturated heterocycles. The van der Waals surface area contributed by atoms with Crippen molar-refractivity contribution < 1.29 is 19.4 Å². The number of carboxylic acid groups (broad SMARTS) is 1. The van der Waals surface area contributed by atoms with E-state index in [9.17, 15) is 9.90 Å². The molecule has 3 rings (SSSR count). The fourth-order valence-corrected chi connectivity index (χ4v) is 3.51. The van der Waals surface area contributed by atoms with Gasteiger partial charge < -0.3 is 14.6 Å². The van der Waals surface area contributed by atoms with Gasteiger partial charge in [0.1, 0.15) is 6.04 Å². The van der Waals surface area contributed by atoms with Gasteiger partial charge in [0.15, 0.2) is 11.5 Å². The second kappa shape index (κ2) is 7.53. The first-order valence-electron chi connectivity index (χ1n) is 8.26. The van der Waals surface area contributed by atoms with Gasteiger partial charge in [0.2, 0.25) is 0 Å². The fraction of sp³-hybridized carbons (Fsp3) is 0.368. The van der Waals surface area contributed by atoms with E-state index < -0.39 is 12.0 Å². The number of carbonyl (C=O) groups is 1. The van der Waals surface area contributed by atoms with E-state index in [0.29, 0.717) is 17.9 Å². The van der Waals surface area contributed by atoms with Crippen molar-refractivity contribution in [3.05, 3.63) is 53.9 Å². The Hall–Kier alpha value is -2.60. The maximum absolute atomic E-state index is 11.7. The standard InChI is InChI=1S/C19H22N2O4/c1-24-16-6-5-14(12-17(16)25-2)18(13-7-9-20-10-8-13)21-11-3-4-15(21)19(22)23/h5-10,12,15,18H,3-4,11H2,1-2H3,(H,22,23). The molecule has 0 amide bonds. The number of methoxy groups -OCH3 is 2. The van der Waals surface area contributed by atoms with Gasteiger partial charge in [-0.3, -0.25) is 14.7 Å². The third-order valence-electron chi connectivity index (χ3n) is 4.66. The summed E-state index contributed by atoms with van der Waals surface area (Å²) in [6, 6.07) is 8.92. The van der Waals surface area contributed by atoms with Gasteiger partial charge in [-0.25, -0.2) is 0 Å². The zero-order chi connectivity index (χ0) is 17.8. The summed E-state index contributed by atoms with van der Waals surface area (Å²) in [6.07, 6.45) is 4.99. The van der Waals surface area contributed by atoms with Gasteiger partial charge in [-0.1, -0.05) is 6.07 Å². The van der Waals surface area contributed by atoms with E-state index in [1.54, 1.807) is 26.6 Å². The van der Waals surface area contributed by atoms with Crippen LogP contribution in [0.2, 0.25) is 0 Å². The molecule has 1 N–H and O–H groups in total. The van der Waals surface area contributed by atoms with E-state index >= 15 is 0 Å². The summed E-state index contributed by atoms with van der Waals surface area (Å²) in [4.78, 5) is 17.8. The van der Waals surface area contributed by atoms with Crippen molar-refractivity contribution in [3.63, 3.8) is 0 Å². The quantitative estimate of drug-likeness (QED) is 0.870. The van der Waals surface area contributed by atoms with Crippen LogP contribution in [0, 0.1) is 0 Å². The number of aliphatic carboxylic acids is 1. The predicted octanol–water partition coefficient (Wildman–Crippen LogP) is 2.74. The Morgan fingerprint density at radius 3 is 2.52 bits per heavy atom. The zero-order valence-electron chi connectivity index (χ0n) is 14.4. The molecule has 2 aromatic rings. The molecule has 2 heterocycles. The first-order chi connectivity index (χ1) is 12.2. The molecule has 0 spiro atoms. The van der Waals surface area contributed by atoms with E-state index in [1.165, 1.54) is 0 Å². The number of hydrogen-bond acceptors (Lipinski definition) is 5. The van der Waals surface area contributed by atoms with Crippen LogP contribution in [-0.2, 0) is 4.79 Å². The Morgan fingerprint density at radius 1 is 1.16 bits per heavy atom. The summed E-state index contributed by atoms with van der Waals surface area (Å²) in [7, 11) is 3.19. The van der Waals surface area contributed by atoms with Gasteiger partial charge in [-0.05, 0) is 48.2 Å². The normalized spacial score (nSPS) is 18.7. The van der Waals surface area contributed by atoms with Crippen LogP contribution in [0.25, 0.3) is 0 Å². The van der Waals surface area contributed by atoms with Crippen LogP contribution in [0.1, 0.15) is 30.0 Å². The Bertz CT molecular complexity index is 735. The minimum Gasteiger partial charge on any atom is -0.493 e. The summed E-state index contributed by atoms with van der Waals surface area (Å²) in [6.45, 7) is 0.734. The zero-order valence-corrected chi connectivity index (χ0v) is 14.4. The van der Waals surface area contributed by atoms with Crippen molar-refractivity contribution in [1.82, 2.24) is 9.88 Å². The molecule has 1 aromatic heterocycles. The van der Waals surface area contributed by atoms with Crippen molar-refractivity contribution in [2.45, 2.75) is 24.9 Å². The maximum atomic E-state index is 11.7. The van der Waals surface area contributed by atoms with E-state index in [-0.39, 0.29) is 6.04 Å². The van der Waals surface area contributed by atoms with Crippen LogP contribution in [0.4, 0.5) is 0 Å². The van der Waals surface area contributed by atoms with E-state index in [1.807, 2.05) is 35.2 Å². The molecule has 0 bridgehead atoms. The van der Waals surface area contributed by atoms with Crippen molar-refractivity contribution >= 4 is 5.97 Å². The molecule has 0 saturated carbocycles. The Morgan fingerprint density at radius 2 is 1.88 bits per heavy atom. The monoisotopic (exact) mass is 342 g/mol. The third-order valence-corrected chi connectivity index (χ3v) is 4.66. The number of nitrogens with zero attached hydrogens (tertiary/aromatic N) is 2. The van der Waals surface area contributed by atoms with Crippen molar-refractivity contribution in [2.24, 2.45) is 0 Å². The molecule has 1 fully saturated rings. The van der Waals surface area contributed by atoms with E-state index in [4.69, 9.17) is 9.47 Å². The third kappa shape index (κ3) is 3.44. The van der Waals surface area contributed by atoms with Crippen molar-refractivity contribution in [3.8, 4) is 11.5 Å². The summed E-state index contributed by atoms with van der Waals surface area (Å²) in [5.74, 6) is 0.498. The Kier molecular flexibility index (Phi) is 5.19. The highest BCUT2D eigenvalue weighted by Gasteiger charge is 2.37. The average molecular weight is 342 g/mol. The van der Waals surface area contributed by atoms with Crippen LogP contribution in [-0.4, -0.2) is 47.8 Å². The molecule has 25 heavy (non-hydrogen) atoms. The number of ether oxygens (including phenoxy) is 2. The summed E-state index contributed by atoms with van der Waals surface area (Å²) < 4.78 is 10.7. The highest BCUT2D eigenvalue weighted by Crippen LogP contribution is 2.38. The molecule has 2 unspecified atom stereocenters. The lowest BCUT2D eigenvalue weighted by atomic mass is 9.96. The second-order valence-corrected chi connectivity index (χ2v) is 6.03. The topological polar surface area (TPSA) is 71.9 Å². The molecule has 6 heteroatoms. The summed E-state index contributed by atoms with van der Waals surface area (Å²) in [5.41, 5.74) is 1.98. The Labute approximate surface area is 147 Å². The SMILES string of the molecule is COc1ccc(C(c2ccncc2)N2CCCC2C(=O)O)cc1OC. The molecule has 2 atom stereocenters. The second-order valence-electron chi connectivity index (χ2n) is 6.03. The molecule has 0 radical (unpaired) electrons. The summed E-state index contributed by atoms with van der Waals surface area (Å²) in [5, 5.41) is 9.61. The molecule has 1 aliphatic rings. The van der Waals surface area contributed by atoms with Crippen LogP contribution in [0.3, 0.4) is 0 Å². The lowest BCUT2D eigenvalue weighted by molar-refractivity contribution is -0.142. The van der Waals surface area contributed by atoms with Crippen LogP contribution >= 0.6 is 0 Å². The predicted molar refractivity (Wildman–Crippen MR) is 93.0 cm³/mol. The largest absolute Gasteiger partial charge is 0.493 e. The Balaban J connectivity index is 2.07. The van der Waals surface area contributed by atoms with Gasteiger partial charge in [0, 0.05) is 18.9 Å². The number of aromatic nitrogens is 1. The lowest BCUT2D eigenvalue weighted by Gasteiger charge is -2.32. The number of pyridine rings is 1. The molecule has 1 aromatic carbocycles. The van der Waals surface area contributed by atoms with Crippen LogP contribution in [0.5, 0.6) is 11.5 Å². The van der Waals surface area contributed by atoms with Gasteiger partial charge in [0.05, 0.1) is 20.3 Å². The first kappa shape index (κ1) is 17.2. The number of carboxylic acids is 1. The molecule has 132 valence electrons. The van der Waals surface area contributed by atoms with Gasteiger partial charge in [0.25, 0.3) is 0 Å². The first-order valence-corrected chi connectivity index (χ1v) is 8.26. The minimum absolute atomic E-state index is 0.175. The lowest BCUT2D eigenvalue weighted by Crippen LogP contribution is -2.39. The van der Waals surface area contributed by atoms with E-state index in [0.717, 1.165) is 24.1 Å².